The summed E-state index contributed by atoms with van der Waals surface area (Å²) >= 11 is 0. The van der Waals surface area contributed by atoms with Crippen LogP contribution in [0.25, 0.3) is 11.1 Å². The number of aryl methyl sites for hydroxylation is 1. The van der Waals surface area contributed by atoms with Crippen molar-refractivity contribution in [2.75, 3.05) is 6.54 Å². The molecule has 0 radical (unpaired) electrons. The highest BCUT2D eigenvalue weighted by atomic mass is 32.2. The van der Waals surface area contributed by atoms with Crippen LogP contribution >= 0.6 is 0 Å². The van der Waals surface area contributed by atoms with Gasteiger partial charge >= 0.3 is 0 Å². The fourth-order valence-electron chi connectivity index (χ4n) is 2.44. The molecule has 4 nitrogen and oxygen atoms in total. The minimum atomic E-state index is -3.64. The average molecular weight is 354 g/mol. The summed E-state index contributed by atoms with van der Waals surface area (Å²) in [6, 6.07) is 14.7. The van der Waals surface area contributed by atoms with Crippen LogP contribution in [0.4, 0.5) is 0 Å². The third-order valence-electron chi connectivity index (χ3n) is 3.94. The van der Waals surface area contributed by atoms with Crippen molar-refractivity contribution in [1.82, 2.24) is 4.72 Å². The zero-order chi connectivity index (χ0) is 18.4. The molecule has 2 aromatic rings. The van der Waals surface area contributed by atoms with Gasteiger partial charge in [0.25, 0.3) is 0 Å². The van der Waals surface area contributed by atoms with Crippen LogP contribution < -0.4 is 4.72 Å². The largest absolute Gasteiger partial charge is 0.240 e. The van der Waals surface area contributed by atoms with E-state index >= 15 is 0 Å². The van der Waals surface area contributed by atoms with Gasteiger partial charge in [-0.05, 0) is 48.6 Å². The number of rotatable bonds is 7. The number of nitrogens with zero attached hydrogens (tertiary/aromatic N) is 1. The molecule has 0 spiro atoms. The molecule has 5 heteroatoms. The van der Waals surface area contributed by atoms with Crippen molar-refractivity contribution in [2.45, 2.75) is 31.6 Å². The highest BCUT2D eigenvalue weighted by molar-refractivity contribution is 7.89. The molecule has 0 amide bonds. The third-order valence-corrected chi connectivity index (χ3v) is 5.40. The molecular formula is C20H22N2O2S. The highest BCUT2D eigenvalue weighted by Crippen LogP contribution is 2.26. The van der Waals surface area contributed by atoms with E-state index in [4.69, 9.17) is 0 Å². The van der Waals surface area contributed by atoms with Gasteiger partial charge in [-0.2, -0.15) is 5.26 Å². The first-order valence-electron chi connectivity index (χ1n) is 8.15. The number of hydrogen-bond donors (Lipinski definition) is 1. The molecule has 0 atom stereocenters. The molecule has 0 aliphatic heterocycles. The molecule has 0 aliphatic carbocycles. The Bertz CT molecular complexity index is 908. The number of hydrogen-bond acceptors (Lipinski definition) is 3. The molecule has 0 bridgehead atoms. The van der Waals surface area contributed by atoms with Crippen molar-refractivity contribution in [3.8, 4) is 17.2 Å². The summed E-state index contributed by atoms with van der Waals surface area (Å²) in [4.78, 5) is 0.0969. The zero-order valence-corrected chi connectivity index (χ0v) is 15.4. The Kier molecular flexibility index (Phi) is 6.13. The molecule has 0 saturated heterocycles. The summed E-state index contributed by atoms with van der Waals surface area (Å²) in [6.07, 6.45) is 1.52. The monoisotopic (exact) mass is 354 g/mol. The van der Waals surface area contributed by atoms with Gasteiger partial charge in [0, 0.05) is 6.54 Å². The molecule has 25 heavy (non-hydrogen) atoms. The third kappa shape index (κ3) is 4.79. The van der Waals surface area contributed by atoms with Gasteiger partial charge in [-0.15, -0.1) is 6.58 Å². The SMILES string of the molecule is C=C(C)CCNS(=O)(=O)c1ccc(-c2ccc(CC)cc2)c(C#N)c1. The second-order valence-electron chi connectivity index (χ2n) is 5.97. The molecular weight excluding hydrogens is 332 g/mol. The minimum Gasteiger partial charge on any atom is -0.211 e. The lowest BCUT2D eigenvalue weighted by molar-refractivity contribution is 0.581. The van der Waals surface area contributed by atoms with Crippen LogP contribution in [0.15, 0.2) is 59.5 Å². The molecule has 0 heterocycles. The first kappa shape index (κ1) is 18.9. The Balaban J connectivity index is 2.32. The predicted octanol–water partition coefficient (Wildman–Crippen LogP) is 4.03. The van der Waals surface area contributed by atoms with E-state index in [9.17, 15) is 13.7 Å². The van der Waals surface area contributed by atoms with Crippen LogP contribution in [-0.4, -0.2) is 15.0 Å². The fraction of sp³-hybridized carbons (Fsp3) is 0.250. The normalized spacial score (nSPS) is 11.1. The molecule has 0 saturated carbocycles. The van der Waals surface area contributed by atoms with Crippen LogP contribution in [0.3, 0.4) is 0 Å². The van der Waals surface area contributed by atoms with Crippen molar-refractivity contribution >= 4 is 10.0 Å². The van der Waals surface area contributed by atoms with E-state index in [1.54, 1.807) is 6.07 Å². The molecule has 2 rings (SSSR count). The van der Waals surface area contributed by atoms with Crippen molar-refractivity contribution < 1.29 is 8.42 Å². The topological polar surface area (TPSA) is 70.0 Å². The van der Waals surface area contributed by atoms with E-state index in [1.165, 1.54) is 17.7 Å². The predicted molar refractivity (Wildman–Crippen MR) is 101 cm³/mol. The first-order valence-corrected chi connectivity index (χ1v) is 9.63. The van der Waals surface area contributed by atoms with Crippen molar-refractivity contribution in [3.63, 3.8) is 0 Å². The van der Waals surface area contributed by atoms with Gasteiger partial charge in [0.15, 0.2) is 0 Å². The van der Waals surface area contributed by atoms with Gasteiger partial charge in [0.2, 0.25) is 10.0 Å². The maximum absolute atomic E-state index is 12.4. The maximum Gasteiger partial charge on any atom is 0.240 e. The Morgan fingerprint density at radius 2 is 1.88 bits per heavy atom. The zero-order valence-electron chi connectivity index (χ0n) is 14.5. The van der Waals surface area contributed by atoms with Gasteiger partial charge in [0.05, 0.1) is 16.5 Å². The molecule has 2 aromatic carbocycles. The van der Waals surface area contributed by atoms with Crippen LogP contribution in [0.1, 0.15) is 31.4 Å². The number of sulfonamides is 1. The summed E-state index contributed by atoms with van der Waals surface area (Å²) in [5.41, 5.74) is 4.08. The van der Waals surface area contributed by atoms with Crippen LogP contribution in [0.2, 0.25) is 0 Å². The molecule has 0 unspecified atom stereocenters. The molecule has 0 fully saturated rings. The summed E-state index contributed by atoms with van der Waals surface area (Å²) < 4.78 is 27.3. The lowest BCUT2D eigenvalue weighted by Crippen LogP contribution is -2.25. The second kappa shape index (κ2) is 8.11. The lowest BCUT2D eigenvalue weighted by Gasteiger charge is -2.10. The molecule has 0 aromatic heterocycles. The van der Waals surface area contributed by atoms with Gasteiger partial charge < -0.3 is 0 Å². The van der Waals surface area contributed by atoms with Crippen LogP contribution in [0, 0.1) is 11.3 Å². The number of nitrogens with one attached hydrogen (secondary N) is 1. The molecule has 1 N–H and O–H groups in total. The highest BCUT2D eigenvalue weighted by Gasteiger charge is 2.16. The number of nitriles is 1. The van der Waals surface area contributed by atoms with E-state index in [1.807, 2.05) is 31.2 Å². The van der Waals surface area contributed by atoms with E-state index in [-0.39, 0.29) is 4.90 Å². The van der Waals surface area contributed by atoms with E-state index < -0.39 is 10.0 Å². The van der Waals surface area contributed by atoms with Crippen molar-refractivity contribution in [1.29, 1.82) is 5.26 Å². The Morgan fingerprint density at radius 1 is 1.20 bits per heavy atom. The summed E-state index contributed by atoms with van der Waals surface area (Å²) in [5.74, 6) is 0. The summed E-state index contributed by atoms with van der Waals surface area (Å²) in [7, 11) is -3.64. The minimum absolute atomic E-state index is 0.0969. The maximum atomic E-state index is 12.4. The smallest absolute Gasteiger partial charge is 0.211 e. The average Bonchev–Trinajstić information content (AvgIpc) is 2.60. The molecule has 130 valence electrons. The Hall–Kier alpha value is -2.42. The lowest BCUT2D eigenvalue weighted by atomic mass is 9.99. The van der Waals surface area contributed by atoms with Gasteiger partial charge in [-0.3, -0.25) is 0 Å². The second-order valence-corrected chi connectivity index (χ2v) is 7.74. The van der Waals surface area contributed by atoms with E-state index in [0.29, 0.717) is 18.5 Å². The van der Waals surface area contributed by atoms with Gasteiger partial charge in [-0.25, -0.2) is 13.1 Å². The van der Waals surface area contributed by atoms with E-state index in [2.05, 4.69) is 24.3 Å². The quantitative estimate of drug-likeness (QED) is 0.763. The van der Waals surface area contributed by atoms with Gasteiger partial charge in [-0.1, -0.05) is 42.8 Å². The summed E-state index contributed by atoms with van der Waals surface area (Å²) in [6.45, 7) is 7.97. The van der Waals surface area contributed by atoms with Crippen molar-refractivity contribution in [2.24, 2.45) is 0 Å². The van der Waals surface area contributed by atoms with Crippen LogP contribution in [-0.2, 0) is 16.4 Å². The fourth-order valence-corrected chi connectivity index (χ4v) is 3.49. The first-order chi connectivity index (χ1) is 11.9. The molecule has 0 aliphatic rings. The summed E-state index contributed by atoms with van der Waals surface area (Å²) in [5, 5.41) is 9.44. The van der Waals surface area contributed by atoms with Crippen LogP contribution in [0.5, 0.6) is 0 Å². The van der Waals surface area contributed by atoms with Crippen molar-refractivity contribution in [3.05, 3.63) is 65.7 Å². The Labute approximate surface area is 149 Å². The van der Waals surface area contributed by atoms with E-state index in [0.717, 1.165) is 23.1 Å². The standard InChI is InChI=1S/C20H22N2O2S/c1-4-16-5-7-17(8-6-16)20-10-9-19(13-18(20)14-21)25(23,24)22-12-11-15(2)3/h5-10,13,22H,2,4,11-12H2,1,3H3. The number of benzene rings is 2. The Morgan fingerprint density at radius 3 is 2.44 bits per heavy atom. The van der Waals surface area contributed by atoms with Gasteiger partial charge in [0.1, 0.15) is 0 Å².